The van der Waals surface area contributed by atoms with Gasteiger partial charge in [-0.15, -0.1) is 0 Å². The van der Waals surface area contributed by atoms with Crippen molar-refractivity contribution in [3.8, 4) is 0 Å². The number of hydrogen-bond acceptors (Lipinski definition) is 5. The van der Waals surface area contributed by atoms with E-state index in [1.165, 1.54) is 14.2 Å². The zero-order valence-electron chi connectivity index (χ0n) is 11.7. The number of carbonyl (C=O) groups is 2. The summed E-state index contributed by atoms with van der Waals surface area (Å²) in [6, 6.07) is -0.757. The molecule has 0 radical (unpaired) electrons. The van der Waals surface area contributed by atoms with Gasteiger partial charge in [0.1, 0.15) is 11.6 Å². The van der Waals surface area contributed by atoms with Crippen LogP contribution < -0.4 is 5.32 Å². The lowest BCUT2D eigenvalue weighted by atomic mass is 10.2. The topological polar surface area (TPSA) is 71.1 Å². The Kier molecular flexibility index (Phi) is 4.70. The maximum atomic E-state index is 12.1. The van der Waals surface area contributed by atoms with Gasteiger partial charge in [0.25, 0.3) is 5.91 Å². The van der Waals surface area contributed by atoms with Crippen molar-refractivity contribution >= 4 is 29.3 Å². The van der Waals surface area contributed by atoms with Crippen molar-refractivity contribution in [2.45, 2.75) is 32.4 Å². The van der Waals surface area contributed by atoms with Crippen LogP contribution in [0.15, 0.2) is 0 Å². The van der Waals surface area contributed by atoms with Crippen molar-refractivity contribution < 1.29 is 19.2 Å². The van der Waals surface area contributed by atoms with Crippen molar-refractivity contribution in [3.63, 3.8) is 0 Å². The van der Waals surface area contributed by atoms with E-state index in [2.05, 4.69) is 5.32 Å². The maximum Gasteiger partial charge on any atom is 0.417 e. The highest BCUT2D eigenvalue weighted by atomic mass is 32.1. The molecular weight excluding hydrogens is 270 g/mol. The van der Waals surface area contributed by atoms with E-state index in [9.17, 15) is 9.59 Å². The summed E-state index contributed by atoms with van der Waals surface area (Å²) in [5, 5.41) is 4.03. The van der Waals surface area contributed by atoms with Gasteiger partial charge in [-0.3, -0.25) is 9.63 Å². The van der Waals surface area contributed by atoms with E-state index >= 15 is 0 Å². The van der Waals surface area contributed by atoms with Gasteiger partial charge in [0.15, 0.2) is 5.11 Å². The molecular formula is C11H19N3O4S. The zero-order chi connectivity index (χ0) is 14.8. The molecule has 1 heterocycles. The van der Waals surface area contributed by atoms with Crippen molar-refractivity contribution in [2.75, 3.05) is 20.7 Å². The second kappa shape index (κ2) is 5.70. The summed E-state index contributed by atoms with van der Waals surface area (Å²) in [6.07, 6.45) is -0.648. The molecule has 0 aromatic heterocycles. The fourth-order valence-electron chi connectivity index (χ4n) is 1.52. The van der Waals surface area contributed by atoms with Gasteiger partial charge in [-0.1, -0.05) is 0 Å². The number of amides is 2. The van der Waals surface area contributed by atoms with Crippen LogP contribution in [0.4, 0.5) is 4.79 Å². The first-order valence-electron chi connectivity index (χ1n) is 5.79. The monoisotopic (exact) mass is 289 g/mol. The Morgan fingerprint density at radius 2 is 2.05 bits per heavy atom. The minimum Gasteiger partial charge on any atom is -0.443 e. The normalized spacial score (nSPS) is 19.1. The molecule has 7 nitrogen and oxygen atoms in total. The smallest absolute Gasteiger partial charge is 0.417 e. The van der Waals surface area contributed by atoms with Crippen LogP contribution in [0, 0.1) is 0 Å². The first kappa shape index (κ1) is 15.6. The van der Waals surface area contributed by atoms with E-state index < -0.39 is 17.7 Å². The zero-order valence-corrected chi connectivity index (χ0v) is 12.5. The number of nitrogens with one attached hydrogen (secondary N) is 1. The van der Waals surface area contributed by atoms with Crippen molar-refractivity contribution in [1.29, 1.82) is 0 Å². The molecule has 0 aliphatic carbocycles. The summed E-state index contributed by atoms with van der Waals surface area (Å²) in [4.78, 5) is 30.1. The Morgan fingerprint density at radius 1 is 1.47 bits per heavy atom. The average Bonchev–Trinajstić information content (AvgIpc) is 2.66. The van der Waals surface area contributed by atoms with Gasteiger partial charge < -0.3 is 10.1 Å². The second-order valence-corrected chi connectivity index (χ2v) is 5.46. The predicted molar refractivity (Wildman–Crippen MR) is 72.2 cm³/mol. The molecule has 1 atom stereocenters. The number of thiocarbonyl (C=S) groups is 1. The number of carbonyl (C=O) groups excluding carboxylic acids is 2. The number of rotatable bonds is 2. The van der Waals surface area contributed by atoms with Gasteiger partial charge in [-0.05, 0) is 33.0 Å². The highest BCUT2D eigenvalue weighted by Crippen LogP contribution is 2.16. The molecule has 0 spiro atoms. The third-order valence-electron chi connectivity index (χ3n) is 2.44. The molecule has 1 saturated heterocycles. The predicted octanol–water partition coefficient (Wildman–Crippen LogP) is 0.500. The Morgan fingerprint density at radius 3 is 2.53 bits per heavy atom. The standard InChI is InChI=1S/C11H19N3O4S/c1-11(2,3)18-10(16)14-7(6-12-9(14)19)8(15)13(4)17-5/h7H,6H2,1-5H3,(H,12,19)/t7-/m1/s1. The lowest BCUT2D eigenvalue weighted by Crippen LogP contribution is -2.50. The summed E-state index contributed by atoms with van der Waals surface area (Å²) < 4.78 is 5.23. The maximum absolute atomic E-state index is 12.1. The van der Waals surface area contributed by atoms with E-state index in [-0.39, 0.29) is 17.6 Å². The number of hydroxylamine groups is 2. The summed E-state index contributed by atoms with van der Waals surface area (Å²) in [5.41, 5.74) is -0.657. The molecule has 1 fully saturated rings. The second-order valence-electron chi connectivity index (χ2n) is 5.07. The molecule has 19 heavy (non-hydrogen) atoms. The molecule has 0 unspecified atom stereocenters. The quantitative estimate of drug-likeness (QED) is 0.589. The molecule has 0 saturated carbocycles. The fourth-order valence-corrected chi connectivity index (χ4v) is 1.81. The van der Waals surface area contributed by atoms with Crippen LogP contribution in [0.25, 0.3) is 0 Å². The third kappa shape index (κ3) is 3.77. The van der Waals surface area contributed by atoms with Crippen LogP contribution in [0.5, 0.6) is 0 Å². The van der Waals surface area contributed by atoms with E-state index in [1.54, 1.807) is 20.8 Å². The van der Waals surface area contributed by atoms with Gasteiger partial charge in [-0.2, -0.15) is 0 Å². The molecule has 0 bridgehead atoms. The number of nitrogens with zero attached hydrogens (tertiary/aromatic N) is 2. The molecule has 1 aliphatic heterocycles. The van der Waals surface area contributed by atoms with E-state index in [0.29, 0.717) is 0 Å². The molecule has 1 N–H and O–H groups in total. The van der Waals surface area contributed by atoms with E-state index in [1.807, 2.05) is 0 Å². The number of ether oxygens (including phenoxy) is 1. The minimum absolute atomic E-state index is 0.178. The van der Waals surface area contributed by atoms with Crippen molar-refractivity contribution in [3.05, 3.63) is 0 Å². The molecule has 108 valence electrons. The lowest BCUT2D eigenvalue weighted by Gasteiger charge is -2.28. The molecule has 1 rings (SSSR count). The molecule has 0 aromatic carbocycles. The molecule has 1 aliphatic rings. The van der Waals surface area contributed by atoms with Crippen LogP contribution in [-0.4, -0.2) is 59.4 Å². The van der Waals surface area contributed by atoms with Crippen LogP contribution in [0.1, 0.15) is 20.8 Å². The first-order valence-corrected chi connectivity index (χ1v) is 6.20. The van der Waals surface area contributed by atoms with Crippen LogP contribution in [0.2, 0.25) is 0 Å². The fraction of sp³-hybridized carbons (Fsp3) is 0.727. The number of likely N-dealkylation sites (N-methyl/N-ethyl adjacent to an activating group) is 1. The lowest BCUT2D eigenvalue weighted by molar-refractivity contribution is -0.172. The number of hydrogen-bond donors (Lipinski definition) is 1. The van der Waals surface area contributed by atoms with Crippen LogP contribution in [0.3, 0.4) is 0 Å². The van der Waals surface area contributed by atoms with Gasteiger partial charge in [0.2, 0.25) is 0 Å². The SMILES string of the molecule is CON(C)C(=O)[C@H]1CNC(=S)N1C(=O)OC(C)(C)C. The van der Waals surface area contributed by atoms with Crippen LogP contribution >= 0.6 is 12.2 Å². The molecule has 2 amide bonds. The highest BCUT2D eigenvalue weighted by molar-refractivity contribution is 7.80. The summed E-state index contributed by atoms with van der Waals surface area (Å²) >= 11 is 5.03. The third-order valence-corrected chi connectivity index (χ3v) is 2.78. The van der Waals surface area contributed by atoms with E-state index in [0.717, 1.165) is 9.96 Å². The van der Waals surface area contributed by atoms with Crippen molar-refractivity contribution in [2.24, 2.45) is 0 Å². The van der Waals surface area contributed by atoms with Gasteiger partial charge in [0, 0.05) is 13.6 Å². The Labute approximate surface area is 117 Å². The van der Waals surface area contributed by atoms with Crippen molar-refractivity contribution in [1.82, 2.24) is 15.3 Å². The van der Waals surface area contributed by atoms with Crippen LogP contribution in [-0.2, 0) is 14.4 Å². The molecule has 0 aromatic rings. The Hall–Kier alpha value is -1.41. The minimum atomic E-state index is -0.757. The Bertz CT molecular complexity index is 394. The summed E-state index contributed by atoms with van der Waals surface area (Å²) in [5.74, 6) is -0.374. The first-order chi connectivity index (χ1) is 8.67. The average molecular weight is 289 g/mol. The van der Waals surface area contributed by atoms with Gasteiger partial charge in [0.05, 0.1) is 7.11 Å². The largest absolute Gasteiger partial charge is 0.443 e. The molecule has 8 heteroatoms. The Balaban J connectivity index is 2.86. The summed E-state index contributed by atoms with van der Waals surface area (Å²) in [7, 11) is 2.84. The van der Waals surface area contributed by atoms with E-state index in [4.69, 9.17) is 21.8 Å². The van der Waals surface area contributed by atoms with Gasteiger partial charge >= 0.3 is 6.09 Å². The highest BCUT2D eigenvalue weighted by Gasteiger charge is 2.41. The summed E-state index contributed by atoms with van der Waals surface area (Å²) in [6.45, 7) is 5.48. The van der Waals surface area contributed by atoms with Gasteiger partial charge in [-0.25, -0.2) is 14.8 Å².